The van der Waals surface area contributed by atoms with Crippen LogP contribution in [0.2, 0.25) is 15.2 Å². The second-order valence-corrected chi connectivity index (χ2v) is 6.31. The van der Waals surface area contributed by atoms with Gasteiger partial charge in [-0.1, -0.05) is 40.9 Å². The molecule has 7 heteroatoms. The van der Waals surface area contributed by atoms with Crippen LogP contribution in [0.3, 0.4) is 0 Å². The van der Waals surface area contributed by atoms with Gasteiger partial charge in [0, 0.05) is 16.2 Å². The molecule has 0 spiro atoms. The molecule has 2 heterocycles. The van der Waals surface area contributed by atoms with Crippen LogP contribution in [0.1, 0.15) is 0 Å². The second kappa shape index (κ2) is 5.97. The van der Waals surface area contributed by atoms with Gasteiger partial charge in [0.05, 0.1) is 15.7 Å². The molecule has 0 N–H and O–H groups in total. The van der Waals surface area contributed by atoms with E-state index in [2.05, 4.69) is 25.9 Å². The lowest BCUT2D eigenvalue weighted by Crippen LogP contribution is -1.98. The summed E-state index contributed by atoms with van der Waals surface area (Å²) in [5.74, 6) is 0.707. The van der Waals surface area contributed by atoms with Crippen LogP contribution in [0.4, 0.5) is 0 Å². The highest BCUT2D eigenvalue weighted by atomic mass is 79.9. The third kappa shape index (κ3) is 2.94. The number of nitrogens with zero attached hydrogens (tertiary/aromatic N) is 3. The predicted molar refractivity (Wildman–Crippen MR) is 89.5 cm³/mol. The Bertz CT molecular complexity index is 800. The molecule has 0 fully saturated rings. The van der Waals surface area contributed by atoms with Crippen LogP contribution in [0.15, 0.2) is 47.3 Å². The maximum absolute atomic E-state index is 6.21. The van der Waals surface area contributed by atoms with E-state index in [1.165, 1.54) is 0 Å². The summed E-state index contributed by atoms with van der Waals surface area (Å²) in [6.07, 6.45) is 3.33. The van der Waals surface area contributed by atoms with Crippen LogP contribution in [-0.2, 0) is 0 Å². The lowest BCUT2D eigenvalue weighted by atomic mass is 10.1. The lowest BCUT2D eigenvalue weighted by Gasteiger charge is -2.09. The quantitative estimate of drug-likeness (QED) is 0.553. The van der Waals surface area contributed by atoms with Gasteiger partial charge < -0.3 is 0 Å². The maximum Gasteiger partial charge on any atom is 0.155 e. The Balaban J connectivity index is 2.16. The fraction of sp³-hybridized carbons (Fsp3) is 0. The van der Waals surface area contributed by atoms with E-state index in [0.717, 1.165) is 10.0 Å². The number of hydrogen-bond donors (Lipinski definition) is 0. The van der Waals surface area contributed by atoms with E-state index in [-0.39, 0.29) is 0 Å². The van der Waals surface area contributed by atoms with Crippen molar-refractivity contribution in [2.45, 2.75) is 0 Å². The Labute approximate surface area is 144 Å². The molecule has 2 aromatic heterocycles. The summed E-state index contributed by atoms with van der Waals surface area (Å²) in [7, 11) is 0. The molecule has 0 aliphatic heterocycles. The van der Waals surface area contributed by atoms with Crippen molar-refractivity contribution in [3.05, 3.63) is 62.5 Å². The topological polar surface area (TPSA) is 30.7 Å². The molecule has 3 aromatic rings. The molecule has 0 radical (unpaired) electrons. The second-order valence-electron chi connectivity index (χ2n) is 4.22. The molecule has 0 unspecified atom stereocenters. The van der Waals surface area contributed by atoms with Gasteiger partial charge in [0.25, 0.3) is 0 Å². The van der Waals surface area contributed by atoms with Gasteiger partial charge in [-0.25, -0.2) is 9.97 Å². The molecule has 3 rings (SSSR count). The van der Waals surface area contributed by atoms with E-state index in [1.54, 1.807) is 29.2 Å². The Morgan fingerprint density at radius 3 is 2.43 bits per heavy atom. The van der Waals surface area contributed by atoms with Gasteiger partial charge in [0.2, 0.25) is 0 Å². The van der Waals surface area contributed by atoms with Crippen LogP contribution in [-0.4, -0.2) is 14.5 Å². The first-order chi connectivity index (χ1) is 10.1. The molecule has 3 nitrogen and oxygen atoms in total. The SMILES string of the molecule is Clc1ccc(-c2c(Cl)ncn2-c2ccc(Br)cn2)cc1Cl. The van der Waals surface area contributed by atoms with Crippen molar-refractivity contribution < 1.29 is 0 Å². The van der Waals surface area contributed by atoms with Crippen LogP contribution < -0.4 is 0 Å². The molecule has 0 saturated heterocycles. The Kier molecular flexibility index (Phi) is 4.22. The zero-order chi connectivity index (χ0) is 15.0. The predicted octanol–water partition coefficient (Wildman–Crippen LogP) is 5.66. The van der Waals surface area contributed by atoms with Gasteiger partial charge in [0.1, 0.15) is 12.1 Å². The zero-order valence-electron chi connectivity index (χ0n) is 10.4. The molecular weight excluding hydrogens is 396 g/mol. The number of rotatable bonds is 2. The van der Waals surface area contributed by atoms with E-state index < -0.39 is 0 Å². The van der Waals surface area contributed by atoms with Crippen LogP contribution in [0.5, 0.6) is 0 Å². The van der Waals surface area contributed by atoms with Crippen molar-refractivity contribution in [1.82, 2.24) is 14.5 Å². The Morgan fingerprint density at radius 2 is 1.76 bits per heavy atom. The van der Waals surface area contributed by atoms with Crippen LogP contribution in [0, 0.1) is 0 Å². The van der Waals surface area contributed by atoms with Crippen molar-refractivity contribution >= 4 is 50.7 Å². The van der Waals surface area contributed by atoms with E-state index >= 15 is 0 Å². The van der Waals surface area contributed by atoms with Crippen molar-refractivity contribution in [2.24, 2.45) is 0 Å². The fourth-order valence-corrected chi connectivity index (χ4v) is 2.69. The molecule has 0 amide bonds. The molecule has 21 heavy (non-hydrogen) atoms. The van der Waals surface area contributed by atoms with E-state index in [1.807, 2.05) is 18.2 Å². The van der Waals surface area contributed by atoms with Gasteiger partial charge in [-0.3, -0.25) is 4.57 Å². The number of pyridine rings is 1. The first-order valence-electron chi connectivity index (χ1n) is 5.86. The van der Waals surface area contributed by atoms with Gasteiger partial charge in [-0.15, -0.1) is 0 Å². The summed E-state index contributed by atoms with van der Waals surface area (Å²) in [5.41, 5.74) is 1.53. The van der Waals surface area contributed by atoms with E-state index in [4.69, 9.17) is 34.8 Å². The summed E-state index contributed by atoms with van der Waals surface area (Å²) >= 11 is 21.6. The van der Waals surface area contributed by atoms with E-state index in [9.17, 15) is 0 Å². The number of benzene rings is 1. The number of hydrogen-bond acceptors (Lipinski definition) is 2. The molecule has 0 saturated carbocycles. The average Bonchev–Trinajstić information content (AvgIpc) is 2.85. The Hall–Kier alpha value is -1.07. The van der Waals surface area contributed by atoms with Crippen molar-refractivity contribution in [1.29, 1.82) is 0 Å². The molecule has 106 valence electrons. The Morgan fingerprint density at radius 1 is 0.952 bits per heavy atom. The minimum atomic E-state index is 0.373. The van der Waals surface area contributed by atoms with Gasteiger partial charge in [-0.05, 0) is 40.2 Å². The standard InChI is InChI=1S/C14H7BrCl3N3/c15-9-2-4-12(19-6-9)21-7-20-14(18)13(21)8-1-3-10(16)11(17)5-8/h1-7H. The van der Waals surface area contributed by atoms with Crippen molar-refractivity contribution in [2.75, 3.05) is 0 Å². The van der Waals surface area contributed by atoms with Crippen LogP contribution in [0.25, 0.3) is 17.1 Å². The van der Waals surface area contributed by atoms with Crippen molar-refractivity contribution in [3.63, 3.8) is 0 Å². The molecule has 0 atom stereocenters. The first-order valence-corrected chi connectivity index (χ1v) is 7.79. The number of aromatic nitrogens is 3. The van der Waals surface area contributed by atoms with E-state index in [0.29, 0.717) is 26.7 Å². The monoisotopic (exact) mass is 401 g/mol. The van der Waals surface area contributed by atoms with Crippen LogP contribution >= 0.6 is 50.7 Å². The summed E-state index contributed by atoms with van der Waals surface area (Å²) in [4.78, 5) is 8.49. The summed E-state index contributed by atoms with van der Waals surface area (Å²) < 4.78 is 2.70. The van der Waals surface area contributed by atoms with Gasteiger partial charge in [-0.2, -0.15) is 0 Å². The average molecular weight is 403 g/mol. The highest BCUT2D eigenvalue weighted by Gasteiger charge is 2.14. The number of halogens is 4. The third-order valence-electron chi connectivity index (χ3n) is 2.87. The minimum absolute atomic E-state index is 0.373. The number of imidazole rings is 1. The molecule has 0 aliphatic carbocycles. The molecule has 1 aromatic carbocycles. The van der Waals surface area contributed by atoms with Crippen molar-refractivity contribution in [3.8, 4) is 17.1 Å². The maximum atomic E-state index is 6.21. The fourth-order valence-electron chi connectivity index (χ4n) is 1.91. The summed E-state index contributed by atoms with van der Waals surface area (Å²) in [6, 6.07) is 9.08. The summed E-state index contributed by atoms with van der Waals surface area (Å²) in [6.45, 7) is 0. The molecule has 0 aliphatic rings. The van der Waals surface area contributed by atoms with Gasteiger partial charge in [0.15, 0.2) is 5.15 Å². The summed E-state index contributed by atoms with van der Waals surface area (Å²) in [5, 5.41) is 1.32. The largest absolute Gasteiger partial charge is 0.281 e. The third-order valence-corrected chi connectivity index (χ3v) is 4.36. The smallest absolute Gasteiger partial charge is 0.155 e. The highest BCUT2D eigenvalue weighted by molar-refractivity contribution is 9.10. The minimum Gasteiger partial charge on any atom is -0.281 e. The zero-order valence-corrected chi connectivity index (χ0v) is 14.2. The molecular formula is C14H7BrCl3N3. The normalized spacial score (nSPS) is 10.9. The molecule has 0 bridgehead atoms. The van der Waals surface area contributed by atoms with Gasteiger partial charge >= 0.3 is 0 Å². The lowest BCUT2D eigenvalue weighted by molar-refractivity contribution is 0.997. The highest BCUT2D eigenvalue weighted by Crippen LogP contribution is 2.33. The first kappa shape index (κ1) is 14.9.